The van der Waals surface area contributed by atoms with Crippen LogP contribution >= 0.6 is 27.3 Å². The van der Waals surface area contributed by atoms with E-state index in [0.717, 1.165) is 37.6 Å². The smallest absolute Gasteiger partial charge is 0.344 e. The second kappa shape index (κ2) is 5.73. The third kappa shape index (κ3) is 3.14. The molecular weight excluding hydrogens is 331 g/mol. The predicted octanol–water partition coefficient (Wildman–Crippen LogP) is 3.70. The van der Waals surface area contributed by atoms with Crippen LogP contribution in [0.25, 0.3) is 0 Å². The van der Waals surface area contributed by atoms with E-state index in [4.69, 9.17) is 0 Å². The molecule has 1 atom stereocenters. The van der Waals surface area contributed by atoms with Crippen LogP contribution in [-0.4, -0.2) is 28.1 Å². The van der Waals surface area contributed by atoms with Crippen LogP contribution in [0.15, 0.2) is 0 Å². The highest BCUT2D eigenvalue weighted by Gasteiger charge is 2.37. The van der Waals surface area contributed by atoms with Crippen LogP contribution in [0.5, 0.6) is 0 Å². The molecule has 102 valence electrons. The zero-order chi connectivity index (χ0) is 13.2. The van der Waals surface area contributed by atoms with Gasteiger partial charge in [-0.2, -0.15) is 13.2 Å². The molecule has 0 radical (unpaired) electrons. The number of rotatable bonds is 3. The van der Waals surface area contributed by atoms with Crippen LogP contribution in [0.4, 0.5) is 18.3 Å². The summed E-state index contributed by atoms with van der Waals surface area (Å²) in [7, 11) is 0. The highest BCUT2D eigenvalue weighted by atomic mass is 79.9. The van der Waals surface area contributed by atoms with E-state index in [-0.39, 0.29) is 6.04 Å². The van der Waals surface area contributed by atoms with Crippen molar-refractivity contribution < 1.29 is 13.2 Å². The number of aromatic nitrogens is 2. The van der Waals surface area contributed by atoms with Gasteiger partial charge in [0.15, 0.2) is 0 Å². The zero-order valence-electron chi connectivity index (χ0n) is 9.58. The fraction of sp³-hybridized carbons (Fsp3) is 0.800. The minimum Gasteiger partial charge on any atom is -0.344 e. The minimum atomic E-state index is -4.39. The Hall–Kier alpha value is -0.370. The van der Waals surface area contributed by atoms with Gasteiger partial charge in [-0.1, -0.05) is 27.3 Å². The first kappa shape index (κ1) is 14.0. The van der Waals surface area contributed by atoms with Crippen LogP contribution < -0.4 is 4.90 Å². The van der Waals surface area contributed by atoms with E-state index in [1.165, 1.54) is 0 Å². The van der Waals surface area contributed by atoms with Crippen molar-refractivity contribution in [3.63, 3.8) is 0 Å². The van der Waals surface area contributed by atoms with E-state index in [0.29, 0.717) is 16.5 Å². The molecule has 1 saturated heterocycles. The van der Waals surface area contributed by atoms with Gasteiger partial charge < -0.3 is 4.90 Å². The lowest BCUT2D eigenvalue weighted by atomic mass is 10.0. The molecule has 8 heteroatoms. The summed E-state index contributed by atoms with van der Waals surface area (Å²) >= 11 is 4.02. The second-order valence-corrected chi connectivity index (χ2v) is 5.96. The maximum atomic E-state index is 12.5. The summed E-state index contributed by atoms with van der Waals surface area (Å²) in [5.41, 5.74) is 0. The monoisotopic (exact) mass is 343 g/mol. The van der Waals surface area contributed by atoms with Crippen molar-refractivity contribution in [2.45, 2.75) is 37.9 Å². The van der Waals surface area contributed by atoms with Crippen molar-refractivity contribution in [3.8, 4) is 0 Å². The molecule has 1 aromatic heterocycles. The maximum absolute atomic E-state index is 12.5. The van der Waals surface area contributed by atoms with Crippen molar-refractivity contribution >= 4 is 32.4 Å². The number of alkyl halides is 4. The number of halogens is 4. The Morgan fingerprint density at radius 3 is 2.72 bits per heavy atom. The van der Waals surface area contributed by atoms with Crippen molar-refractivity contribution in [2.24, 2.45) is 0 Å². The standard InChI is InChI=1S/C10H13BrF3N3S/c11-5-4-7-3-1-2-6-17(7)9-16-15-8(18-9)10(12,13)14/h7H,1-6H2. The van der Waals surface area contributed by atoms with Crippen LogP contribution in [0, 0.1) is 0 Å². The average Bonchev–Trinajstić information content (AvgIpc) is 2.79. The predicted molar refractivity (Wildman–Crippen MR) is 68.3 cm³/mol. The summed E-state index contributed by atoms with van der Waals surface area (Å²) in [5.74, 6) is 0. The van der Waals surface area contributed by atoms with Crippen molar-refractivity contribution in [2.75, 3.05) is 16.8 Å². The van der Waals surface area contributed by atoms with E-state index < -0.39 is 11.2 Å². The Balaban J connectivity index is 2.15. The molecule has 0 aliphatic carbocycles. The molecule has 1 aliphatic heterocycles. The second-order valence-electron chi connectivity index (χ2n) is 4.21. The Morgan fingerprint density at radius 2 is 2.11 bits per heavy atom. The highest BCUT2D eigenvalue weighted by molar-refractivity contribution is 9.09. The summed E-state index contributed by atoms with van der Waals surface area (Å²) in [6.07, 6.45) is -0.344. The van der Waals surface area contributed by atoms with E-state index in [1.807, 2.05) is 4.90 Å². The fourth-order valence-electron chi connectivity index (χ4n) is 2.12. The normalized spacial score (nSPS) is 21.3. The zero-order valence-corrected chi connectivity index (χ0v) is 12.0. The lowest BCUT2D eigenvalue weighted by Gasteiger charge is -2.34. The quantitative estimate of drug-likeness (QED) is 0.783. The molecule has 0 spiro atoms. The van der Waals surface area contributed by atoms with Crippen LogP contribution in [0.3, 0.4) is 0 Å². The van der Waals surface area contributed by atoms with Gasteiger partial charge in [0.1, 0.15) is 0 Å². The molecule has 2 heterocycles. The number of piperidine rings is 1. The molecule has 1 aliphatic rings. The first-order valence-corrected chi connectivity index (χ1v) is 7.69. The lowest BCUT2D eigenvalue weighted by Crippen LogP contribution is -2.39. The Bertz CT molecular complexity index is 394. The van der Waals surface area contributed by atoms with E-state index in [2.05, 4.69) is 26.1 Å². The van der Waals surface area contributed by atoms with E-state index in [1.54, 1.807) is 0 Å². The number of hydrogen-bond acceptors (Lipinski definition) is 4. The van der Waals surface area contributed by atoms with Crippen LogP contribution in [-0.2, 0) is 6.18 Å². The molecule has 2 rings (SSSR count). The molecule has 0 N–H and O–H groups in total. The Kier molecular flexibility index (Phi) is 4.47. The SMILES string of the molecule is FC(F)(F)c1nnc(N2CCCCC2CCBr)s1. The van der Waals surface area contributed by atoms with Gasteiger partial charge in [0.2, 0.25) is 10.1 Å². The van der Waals surface area contributed by atoms with Crippen molar-refractivity contribution in [3.05, 3.63) is 5.01 Å². The fourth-order valence-corrected chi connectivity index (χ4v) is 3.46. The molecule has 1 unspecified atom stereocenters. The van der Waals surface area contributed by atoms with Gasteiger partial charge in [0.25, 0.3) is 0 Å². The Labute approximate surface area is 116 Å². The van der Waals surface area contributed by atoms with Gasteiger partial charge in [-0.05, 0) is 25.7 Å². The lowest BCUT2D eigenvalue weighted by molar-refractivity contribution is -0.138. The summed E-state index contributed by atoms with van der Waals surface area (Å²) in [4.78, 5) is 1.97. The first-order valence-electron chi connectivity index (χ1n) is 5.75. The molecule has 0 aromatic carbocycles. The molecule has 0 amide bonds. The third-order valence-electron chi connectivity index (χ3n) is 2.97. The number of anilines is 1. The molecule has 3 nitrogen and oxygen atoms in total. The highest BCUT2D eigenvalue weighted by Crippen LogP contribution is 2.36. The molecule has 18 heavy (non-hydrogen) atoms. The largest absolute Gasteiger partial charge is 0.445 e. The molecule has 1 fully saturated rings. The van der Waals surface area contributed by atoms with Crippen molar-refractivity contribution in [1.82, 2.24) is 10.2 Å². The number of hydrogen-bond donors (Lipinski definition) is 0. The summed E-state index contributed by atoms with van der Waals surface area (Å²) in [6.45, 7) is 0.768. The van der Waals surface area contributed by atoms with E-state index >= 15 is 0 Å². The third-order valence-corrected chi connectivity index (χ3v) is 4.44. The van der Waals surface area contributed by atoms with Crippen LogP contribution in [0.2, 0.25) is 0 Å². The summed E-state index contributed by atoms with van der Waals surface area (Å²) in [6, 6.07) is 0.271. The Morgan fingerprint density at radius 1 is 1.33 bits per heavy atom. The minimum absolute atomic E-state index is 0.271. The van der Waals surface area contributed by atoms with Crippen molar-refractivity contribution in [1.29, 1.82) is 0 Å². The number of nitrogens with zero attached hydrogens (tertiary/aromatic N) is 3. The summed E-state index contributed by atoms with van der Waals surface area (Å²) in [5, 5.41) is 7.33. The molecule has 0 saturated carbocycles. The summed E-state index contributed by atoms with van der Waals surface area (Å²) < 4.78 is 37.5. The molecule has 1 aromatic rings. The van der Waals surface area contributed by atoms with E-state index in [9.17, 15) is 13.2 Å². The van der Waals surface area contributed by atoms with Gasteiger partial charge in [0, 0.05) is 17.9 Å². The first-order chi connectivity index (χ1) is 8.52. The average molecular weight is 344 g/mol. The van der Waals surface area contributed by atoms with Crippen LogP contribution in [0.1, 0.15) is 30.7 Å². The molecule has 0 bridgehead atoms. The van der Waals surface area contributed by atoms with Gasteiger partial charge >= 0.3 is 6.18 Å². The molecular formula is C10H13BrF3N3S. The van der Waals surface area contributed by atoms with Gasteiger partial charge in [-0.3, -0.25) is 0 Å². The van der Waals surface area contributed by atoms with Gasteiger partial charge in [-0.25, -0.2) is 0 Å². The maximum Gasteiger partial charge on any atom is 0.445 e. The topological polar surface area (TPSA) is 29.0 Å². The van der Waals surface area contributed by atoms with Gasteiger partial charge in [0.05, 0.1) is 0 Å². The van der Waals surface area contributed by atoms with Gasteiger partial charge in [-0.15, -0.1) is 10.2 Å².